The number of nitrogens with two attached hydrogens (primary N) is 1. The fraction of sp³-hybridized carbons (Fsp3) is 0.750. The zero-order valence-corrected chi connectivity index (χ0v) is 10.9. The fourth-order valence-corrected chi connectivity index (χ4v) is 2.00. The molecule has 3 amide bonds. The van der Waals surface area contributed by atoms with Gasteiger partial charge in [-0.3, -0.25) is 19.3 Å². The predicted octanol–water partition coefficient (Wildman–Crippen LogP) is -0.232. The van der Waals surface area contributed by atoms with Crippen LogP contribution >= 0.6 is 0 Å². The number of nitrogens with zero attached hydrogens (tertiary/aromatic N) is 1. The first-order valence-electron chi connectivity index (χ1n) is 6.34. The second kappa shape index (κ2) is 6.49. The predicted molar refractivity (Wildman–Crippen MR) is 66.4 cm³/mol. The molecule has 0 radical (unpaired) electrons. The summed E-state index contributed by atoms with van der Waals surface area (Å²) in [5.74, 6) is -1.09. The average molecular weight is 255 g/mol. The minimum Gasteiger partial charge on any atom is -0.352 e. The van der Waals surface area contributed by atoms with Gasteiger partial charge in [0.15, 0.2) is 0 Å². The van der Waals surface area contributed by atoms with Crippen LogP contribution in [-0.2, 0) is 14.4 Å². The number of carbonyl (C=O) groups excluding carboxylic acids is 3. The van der Waals surface area contributed by atoms with Crippen LogP contribution in [-0.4, -0.2) is 41.2 Å². The summed E-state index contributed by atoms with van der Waals surface area (Å²) in [5, 5.41) is 2.76. The molecule has 0 aromatic heterocycles. The van der Waals surface area contributed by atoms with Crippen LogP contribution in [0.3, 0.4) is 0 Å². The lowest BCUT2D eigenvalue weighted by molar-refractivity contribution is -0.151. The number of nitrogens with one attached hydrogen (secondary N) is 1. The van der Waals surface area contributed by atoms with Gasteiger partial charge < -0.3 is 11.1 Å². The van der Waals surface area contributed by atoms with Crippen LogP contribution in [0.2, 0.25) is 0 Å². The molecular weight excluding hydrogens is 234 g/mol. The van der Waals surface area contributed by atoms with Crippen molar-refractivity contribution in [1.29, 1.82) is 0 Å². The molecule has 1 saturated heterocycles. The summed E-state index contributed by atoms with van der Waals surface area (Å²) >= 11 is 0. The van der Waals surface area contributed by atoms with Crippen LogP contribution in [0.5, 0.6) is 0 Å². The lowest BCUT2D eigenvalue weighted by Crippen LogP contribution is -2.54. The Labute approximate surface area is 107 Å². The quantitative estimate of drug-likeness (QED) is 0.664. The van der Waals surface area contributed by atoms with Gasteiger partial charge in [0.25, 0.3) is 0 Å². The summed E-state index contributed by atoms with van der Waals surface area (Å²) in [6.07, 6.45) is 2.42. The molecule has 2 unspecified atom stereocenters. The van der Waals surface area contributed by atoms with Crippen molar-refractivity contribution in [3.63, 3.8) is 0 Å². The number of piperidine rings is 1. The fourth-order valence-electron chi connectivity index (χ4n) is 2.00. The van der Waals surface area contributed by atoms with Crippen LogP contribution in [0.1, 0.15) is 39.5 Å². The highest BCUT2D eigenvalue weighted by Gasteiger charge is 2.33. The molecular formula is C12H21N3O3. The molecule has 102 valence electrons. The third-order valence-corrected chi connectivity index (χ3v) is 2.98. The molecule has 0 spiro atoms. The molecule has 0 saturated carbocycles. The standard InChI is InChI=1S/C12H21N3O3/c1-3-4-8(2)14-10(16)7-15-11(17)6-5-9(13)12(15)18/h8-9H,3-7,13H2,1-2H3,(H,14,16). The Balaban J connectivity index is 2.52. The molecule has 0 aliphatic carbocycles. The van der Waals surface area contributed by atoms with Gasteiger partial charge in [-0.2, -0.15) is 0 Å². The molecule has 0 bridgehead atoms. The Morgan fingerprint density at radius 1 is 1.56 bits per heavy atom. The normalized spacial score (nSPS) is 21.9. The molecule has 18 heavy (non-hydrogen) atoms. The Morgan fingerprint density at radius 3 is 2.83 bits per heavy atom. The molecule has 1 aliphatic rings. The van der Waals surface area contributed by atoms with Crippen molar-refractivity contribution in [2.45, 2.75) is 51.6 Å². The molecule has 1 aliphatic heterocycles. The third kappa shape index (κ3) is 3.80. The zero-order chi connectivity index (χ0) is 13.7. The first-order chi connectivity index (χ1) is 8.45. The lowest BCUT2D eigenvalue weighted by atomic mass is 10.1. The van der Waals surface area contributed by atoms with E-state index in [4.69, 9.17) is 5.73 Å². The van der Waals surface area contributed by atoms with Crippen molar-refractivity contribution in [2.24, 2.45) is 5.73 Å². The van der Waals surface area contributed by atoms with E-state index in [-0.39, 0.29) is 30.8 Å². The van der Waals surface area contributed by atoms with Crippen molar-refractivity contribution in [1.82, 2.24) is 10.2 Å². The first kappa shape index (κ1) is 14.6. The minimum atomic E-state index is -0.663. The monoisotopic (exact) mass is 255 g/mol. The second-order valence-electron chi connectivity index (χ2n) is 4.72. The number of hydrogen-bond acceptors (Lipinski definition) is 4. The van der Waals surface area contributed by atoms with Gasteiger partial charge in [-0.25, -0.2) is 0 Å². The van der Waals surface area contributed by atoms with E-state index in [1.807, 2.05) is 13.8 Å². The van der Waals surface area contributed by atoms with Crippen LogP contribution < -0.4 is 11.1 Å². The molecule has 0 aromatic rings. The zero-order valence-electron chi connectivity index (χ0n) is 10.9. The highest BCUT2D eigenvalue weighted by atomic mass is 16.2. The number of hydrogen-bond donors (Lipinski definition) is 2. The number of rotatable bonds is 5. The summed E-state index contributed by atoms with van der Waals surface area (Å²) in [7, 11) is 0. The van der Waals surface area contributed by atoms with Gasteiger partial charge in [0.1, 0.15) is 6.54 Å². The van der Waals surface area contributed by atoms with Crippen LogP contribution in [0.15, 0.2) is 0 Å². The number of likely N-dealkylation sites (tertiary alicyclic amines) is 1. The van der Waals surface area contributed by atoms with Crippen LogP contribution in [0.25, 0.3) is 0 Å². The van der Waals surface area contributed by atoms with Crippen molar-refractivity contribution in [3.8, 4) is 0 Å². The van der Waals surface area contributed by atoms with E-state index < -0.39 is 11.9 Å². The molecule has 3 N–H and O–H groups in total. The molecule has 6 heteroatoms. The molecule has 2 atom stereocenters. The molecule has 1 heterocycles. The van der Waals surface area contributed by atoms with Crippen LogP contribution in [0, 0.1) is 0 Å². The minimum absolute atomic E-state index is 0.0474. The van der Waals surface area contributed by atoms with E-state index in [1.165, 1.54) is 0 Å². The second-order valence-corrected chi connectivity index (χ2v) is 4.72. The van der Waals surface area contributed by atoms with Gasteiger partial charge >= 0.3 is 0 Å². The summed E-state index contributed by atoms with van der Waals surface area (Å²) in [5.41, 5.74) is 5.58. The van der Waals surface area contributed by atoms with Crippen molar-refractivity contribution in [3.05, 3.63) is 0 Å². The van der Waals surface area contributed by atoms with E-state index >= 15 is 0 Å². The Morgan fingerprint density at radius 2 is 2.22 bits per heavy atom. The van der Waals surface area contributed by atoms with Crippen molar-refractivity contribution >= 4 is 17.7 Å². The first-order valence-corrected chi connectivity index (χ1v) is 6.34. The van der Waals surface area contributed by atoms with Gasteiger partial charge in [-0.1, -0.05) is 13.3 Å². The van der Waals surface area contributed by atoms with Crippen molar-refractivity contribution < 1.29 is 14.4 Å². The average Bonchev–Trinajstić information content (AvgIpc) is 2.30. The number of amides is 3. The maximum absolute atomic E-state index is 11.7. The maximum Gasteiger partial charge on any atom is 0.246 e. The molecule has 6 nitrogen and oxygen atoms in total. The Hall–Kier alpha value is -1.43. The smallest absolute Gasteiger partial charge is 0.246 e. The molecule has 1 rings (SSSR count). The molecule has 0 aromatic carbocycles. The van der Waals surface area contributed by atoms with E-state index in [2.05, 4.69) is 5.32 Å². The van der Waals surface area contributed by atoms with Gasteiger partial charge in [-0.05, 0) is 19.8 Å². The SMILES string of the molecule is CCCC(C)NC(=O)CN1C(=O)CCC(N)C1=O. The Bertz CT molecular complexity index is 343. The summed E-state index contributed by atoms with van der Waals surface area (Å²) in [6, 6.07) is -0.616. The van der Waals surface area contributed by atoms with E-state index in [9.17, 15) is 14.4 Å². The van der Waals surface area contributed by atoms with Gasteiger partial charge in [0.2, 0.25) is 17.7 Å². The van der Waals surface area contributed by atoms with E-state index in [0.29, 0.717) is 6.42 Å². The van der Waals surface area contributed by atoms with E-state index in [1.54, 1.807) is 0 Å². The van der Waals surface area contributed by atoms with Gasteiger partial charge in [0.05, 0.1) is 6.04 Å². The van der Waals surface area contributed by atoms with Gasteiger partial charge in [0, 0.05) is 12.5 Å². The summed E-state index contributed by atoms with van der Waals surface area (Å²) in [4.78, 5) is 35.9. The Kier molecular flexibility index (Phi) is 5.27. The summed E-state index contributed by atoms with van der Waals surface area (Å²) in [6.45, 7) is 3.70. The van der Waals surface area contributed by atoms with E-state index in [0.717, 1.165) is 17.7 Å². The van der Waals surface area contributed by atoms with Gasteiger partial charge in [-0.15, -0.1) is 0 Å². The molecule has 1 fully saturated rings. The maximum atomic E-state index is 11.7. The summed E-state index contributed by atoms with van der Waals surface area (Å²) < 4.78 is 0. The largest absolute Gasteiger partial charge is 0.352 e. The third-order valence-electron chi connectivity index (χ3n) is 2.98. The lowest BCUT2D eigenvalue weighted by Gasteiger charge is -2.28. The topological polar surface area (TPSA) is 92.5 Å². The van der Waals surface area contributed by atoms with Crippen LogP contribution in [0.4, 0.5) is 0 Å². The highest BCUT2D eigenvalue weighted by molar-refractivity contribution is 6.03. The number of carbonyl (C=O) groups is 3. The van der Waals surface area contributed by atoms with Crippen molar-refractivity contribution in [2.75, 3.05) is 6.54 Å². The highest BCUT2D eigenvalue weighted by Crippen LogP contribution is 2.11. The number of imide groups is 1.